The van der Waals surface area contributed by atoms with E-state index >= 15 is 0 Å². The molecule has 0 fully saturated rings. The van der Waals surface area contributed by atoms with Crippen molar-refractivity contribution >= 4 is 15.9 Å². The third-order valence-electron chi connectivity index (χ3n) is 1.93. The average Bonchev–Trinajstić information content (AvgIpc) is 2.14. The second kappa shape index (κ2) is 4.67. The topological polar surface area (TPSA) is 89.7 Å². The zero-order chi connectivity index (χ0) is 12.3. The smallest absolute Gasteiger partial charge is 0.234 e. The summed E-state index contributed by atoms with van der Waals surface area (Å²) in [4.78, 5) is 10.7. The van der Waals surface area contributed by atoms with Crippen LogP contribution in [-0.4, -0.2) is 38.2 Å². The monoisotopic (exact) mass is 245 g/mol. The van der Waals surface area contributed by atoms with E-state index in [0.29, 0.717) is 5.57 Å². The quantitative estimate of drug-likeness (QED) is 0.713. The van der Waals surface area contributed by atoms with Crippen molar-refractivity contribution in [1.29, 1.82) is 0 Å². The molecule has 0 aromatic rings. The third-order valence-corrected chi connectivity index (χ3v) is 3.03. The molecular weight excluding hydrogens is 232 g/mol. The number of nitrogens with two attached hydrogens (primary N) is 1. The maximum atomic E-state index is 11.3. The SMILES string of the molecule is CO[C@H]1C=C([CH]C(N)=O)C=CN1S(C)(=O)=O. The van der Waals surface area contributed by atoms with Crippen LogP contribution < -0.4 is 5.73 Å². The molecule has 2 N–H and O–H groups in total. The molecule has 6 nitrogen and oxygen atoms in total. The van der Waals surface area contributed by atoms with Gasteiger partial charge in [0.2, 0.25) is 15.9 Å². The molecule has 7 heteroatoms. The highest BCUT2D eigenvalue weighted by Gasteiger charge is 2.24. The van der Waals surface area contributed by atoms with Gasteiger partial charge in [0.25, 0.3) is 0 Å². The second-order valence-corrected chi connectivity index (χ2v) is 5.14. The Morgan fingerprint density at radius 2 is 2.25 bits per heavy atom. The normalized spacial score (nSPS) is 20.8. The van der Waals surface area contributed by atoms with Crippen LogP contribution in [-0.2, 0) is 19.6 Å². The minimum Gasteiger partial charge on any atom is -0.369 e. The number of hydrogen-bond acceptors (Lipinski definition) is 4. The highest BCUT2D eigenvalue weighted by molar-refractivity contribution is 7.88. The van der Waals surface area contributed by atoms with Crippen LogP contribution in [0.4, 0.5) is 0 Å². The number of nitrogens with zero attached hydrogens (tertiary/aromatic N) is 1. The van der Waals surface area contributed by atoms with Crippen LogP contribution >= 0.6 is 0 Å². The van der Waals surface area contributed by atoms with E-state index in [9.17, 15) is 13.2 Å². The van der Waals surface area contributed by atoms with Crippen molar-refractivity contribution in [2.45, 2.75) is 6.23 Å². The van der Waals surface area contributed by atoms with E-state index in [1.54, 1.807) is 0 Å². The van der Waals surface area contributed by atoms with Crippen LogP contribution in [0.2, 0.25) is 0 Å². The third kappa shape index (κ3) is 3.07. The fraction of sp³-hybridized carbons (Fsp3) is 0.333. The van der Waals surface area contributed by atoms with Gasteiger partial charge >= 0.3 is 0 Å². The minimum atomic E-state index is -3.39. The largest absolute Gasteiger partial charge is 0.369 e. The van der Waals surface area contributed by atoms with Crippen LogP contribution in [0.5, 0.6) is 0 Å². The van der Waals surface area contributed by atoms with Crippen molar-refractivity contribution in [3.8, 4) is 0 Å². The molecule has 1 rings (SSSR count). The van der Waals surface area contributed by atoms with E-state index in [-0.39, 0.29) is 0 Å². The molecule has 0 saturated heterocycles. The van der Waals surface area contributed by atoms with Gasteiger partial charge in [-0.15, -0.1) is 0 Å². The van der Waals surface area contributed by atoms with Gasteiger partial charge < -0.3 is 10.5 Å². The van der Waals surface area contributed by atoms with Crippen LogP contribution in [0, 0.1) is 6.42 Å². The lowest BCUT2D eigenvalue weighted by Crippen LogP contribution is -2.37. The Bertz CT molecular complexity index is 438. The van der Waals surface area contributed by atoms with Gasteiger partial charge in [-0.05, 0) is 17.7 Å². The Hall–Kier alpha value is -1.34. The molecule has 0 bridgehead atoms. The molecule has 89 valence electrons. The molecule has 0 saturated carbocycles. The molecule has 0 aromatic carbocycles. The van der Waals surface area contributed by atoms with Gasteiger partial charge in [0.05, 0.1) is 12.7 Å². The number of carbonyl (C=O) groups excluding carboxylic acids is 1. The maximum absolute atomic E-state index is 11.3. The first-order valence-corrected chi connectivity index (χ1v) is 6.25. The lowest BCUT2D eigenvalue weighted by Gasteiger charge is -2.28. The van der Waals surface area contributed by atoms with Gasteiger partial charge in [-0.1, -0.05) is 0 Å². The summed E-state index contributed by atoms with van der Waals surface area (Å²) in [5.74, 6) is -0.599. The summed E-state index contributed by atoms with van der Waals surface area (Å²) >= 11 is 0. The predicted molar refractivity (Wildman–Crippen MR) is 58.2 cm³/mol. The standard InChI is InChI=1S/C9H13N2O4S/c1-15-9-6-7(5-8(10)12)3-4-11(9)16(2,13)14/h3-6,9H,1-2H3,(H2,10,12)/t9-/m0/s1. The summed E-state index contributed by atoms with van der Waals surface area (Å²) in [5.41, 5.74) is 5.50. The zero-order valence-corrected chi connectivity index (χ0v) is 9.77. The average molecular weight is 245 g/mol. The Morgan fingerprint density at radius 1 is 1.62 bits per heavy atom. The number of hydrogen-bond donors (Lipinski definition) is 1. The lowest BCUT2D eigenvalue weighted by molar-refractivity contribution is -0.114. The van der Waals surface area contributed by atoms with E-state index in [1.165, 1.54) is 31.9 Å². The molecule has 1 atom stereocenters. The molecule has 1 amide bonds. The van der Waals surface area contributed by atoms with Crippen LogP contribution in [0.3, 0.4) is 0 Å². The Morgan fingerprint density at radius 3 is 2.69 bits per heavy atom. The number of primary amides is 1. The van der Waals surface area contributed by atoms with Crippen LogP contribution in [0.15, 0.2) is 23.9 Å². The van der Waals surface area contributed by atoms with Gasteiger partial charge in [-0.25, -0.2) is 12.7 Å². The lowest BCUT2D eigenvalue weighted by atomic mass is 10.1. The van der Waals surface area contributed by atoms with Gasteiger partial charge in [-0.3, -0.25) is 4.79 Å². The van der Waals surface area contributed by atoms with E-state index in [4.69, 9.17) is 10.5 Å². The molecule has 0 aliphatic carbocycles. The summed E-state index contributed by atoms with van der Waals surface area (Å²) < 4.78 is 28.7. The number of ether oxygens (including phenoxy) is 1. The number of rotatable bonds is 4. The van der Waals surface area contributed by atoms with Crippen molar-refractivity contribution in [3.05, 3.63) is 30.3 Å². The molecular formula is C9H13N2O4S. The number of methoxy groups -OCH3 is 1. The number of amides is 1. The molecule has 1 aliphatic heterocycles. The summed E-state index contributed by atoms with van der Waals surface area (Å²) in [5, 5.41) is 0. The first kappa shape index (κ1) is 12.7. The number of carbonyl (C=O) groups is 1. The Balaban J connectivity index is 2.92. The fourth-order valence-electron chi connectivity index (χ4n) is 1.27. The molecule has 1 radical (unpaired) electrons. The van der Waals surface area contributed by atoms with Gasteiger partial charge in [-0.2, -0.15) is 0 Å². The van der Waals surface area contributed by atoms with Gasteiger partial charge in [0.15, 0.2) is 6.23 Å². The van der Waals surface area contributed by atoms with E-state index < -0.39 is 22.2 Å². The summed E-state index contributed by atoms with van der Waals surface area (Å²) in [6.07, 6.45) is 5.80. The van der Waals surface area contributed by atoms with E-state index in [0.717, 1.165) is 10.6 Å². The highest BCUT2D eigenvalue weighted by Crippen LogP contribution is 2.18. The maximum Gasteiger partial charge on any atom is 0.234 e. The molecule has 16 heavy (non-hydrogen) atoms. The molecule has 0 aromatic heterocycles. The molecule has 1 heterocycles. The van der Waals surface area contributed by atoms with Gasteiger partial charge in [0, 0.05) is 13.3 Å². The van der Waals surface area contributed by atoms with Crippen molar-refractivity contribution in [3.63, 3.8) is 0 Å². The number of sulfonamides is 1. The molecule has 1 aliphatic rings. The Kier molecular flexibility index (Phi) is 3.71. The number of allylic oxidation sites excluding steroid dienone is 1. The molecule has 0 unspecified atom stereocenters. The first-order valence-electron chi connectivity index (χ1n) is 4.40. The second-order valence-electron chi connectivity index (χ2n) is 3.25. The van der Waals surface area contributed by atoms with Crippen LogP contribution in [0.1, 0.15) is 0 Å². The predicted octanol–water partition coefficient (Wildman–Crippen LogP) is -0.636. The zero-order valence-electron chi connectivity index (χ0n) is 8.95. The minimum absolute atomic E-state index is 0.513. The molecule has 0 spiro atoms. The van der Waals surface area contributed by atoms with Crippen molar-refractivity contribution in [2.75, 3.05) is 13.4 Å². The van der Waals surface area contributed by atoms with E-state index in [1.807, 2.05) is 0 Å². The summed E-state index contributed by atoms with van der Waals surface area (Å²) in [7, 11) is -2.02. The van der Waals surface area contributed by atoms with E-state index in [2.05, 4.69) is 0 Å². The first-order chi connectivity index (χ1) is 7.34. The fourth-order valence-corrected chi connectivity index (χ4v) is 2.08. The highest BCUT2D eigenvalue weighted by atomic mass is 32.2. The summed E-state index contributed by atoms with van der Waals surface area (Å²) in [6, 6.07) is 0. The van der Waals surface area contributed by atoms with Crippen molar-refractivity contribution < 1.29 is 17.9 Å². The van der Waals surface area contributed by atoms with Crippen molar-refractivity contribution in [1.82, 2.24) is 4.31 Å². The summed E-state index contributed by atoms with van der Waals surface area (Å²) in [6.45, 7) is 0. The Labute approximate surface area is 94.4 Å². The van der Waals surface area contributed by atoms with Gasteiger partial charge in [0.1, 0.15) is 0 Å². The van der Waals surface area contributed by atoms with Crippen molar-refractivity contribution in [2.24, 2.45) is 5.73 Å². The van der Waals surface area contributed by atoms with Crippen LogP contribution in [0.25, 0.3) is 0 Å².